The summed E-state index contributed by atoms with van der Waals surface area (Å²) in [6, 6.07) is 23.2. The molecule has 8 nitrogen and oxygen atoms in total. The number of hydrogen-bond donors (Lipinski definition) is 2. The SMILES string of the molecule is COc1ccc(C(c2c(O)c3ccccc3oc2=O)c2c(O)c3ccccc3oc2=O)cc1COc1ccc(F)cc1. The number of fused-ring (bicyclic) bond motifs is 2. The van der Waals surface area contributed by atoms with E-state index < -0.39 is 34.5 Å². The second-order valence-electron chi connectivity index (χ2n) is 9.54. The third-order valence-electron chi connectivity index (χ3n) is 7.06. The Labute approximate surface area is 237 Å². The van der Waals surface area contributed by atoms with Gasteiger partial charge in [-0.15, -0.1) is 0 Å². The Morgan fingerprint density at radius 1 is 0.762 bits per heavy atom. The normalized spacial score (nSPS) is 11.3. The molecule has 0 fully saturated rings. The first-order valence-corrected chi connectivity index (χ1v) is 12.9. The van der Waals surface area contributed by atoms with Crippen molar-refractivity contribution in [2.45, 2.75) is 12.5 Å². The van der Waals surface area contributed by atoms with Crippen LogP contribution in [0.2, 0.25) is 0 Å². The minimum Gasteiger partial charge on any atom is -0.507 e. The molecule has 0 unspecified atom stereocenters. The predicted octanol–water partition coefficient (Wildman–Crippen LogP) is 6.22. The minimum atomic E-state index is -1.32. The van der Waals surface area contributed by atoms with Gasteiger partial charge in [-0.05, 0) is 66.2 Å². The third-order valence-corrected chi connectivity index (χ3v) is 7.06. The van der Waals surface area contributed by atoms with Gasteiger partial charge < -0.3 is 28.5 Å². The van der Waals surface area contributed by atoms with E-state index in [9.17, 15) is 24.2 Å². The van der Waals surface area contributed by atoms with Crippen LogP contribution in [0.5, 0.6) is 23.0 Å². The average Bonchev–Trinajstić information content (AvgIpc) is 3.00. The van der Waals surface area contributed by atoms with Crippen LogP contribution >= 0.6 is 0 Å². The molecule has 0 aliphatic rings. The van der Waals surface area contributed by atoms with Crippen molar-refractivity contribution in [2.24, 2.45) is 0 Å². The Bertz CT molecular complexity index is 1960. The molecule has 0 aliphatic carbocycles. The van der Waals surface area contributed by atoms with E-state index in [0.29, 0.717) is 22.6 Å². The van der Waals surface area contributed by atoms with Crippen LogP contribution in [0.3, 0.4) is 0 Å². The fourth-order valence-electron chi connectivity index (χ4n) is 5.07. The Morgan fingerprint density at radius 3 is 1.86 bits per heavy atom. The van der Waals surface area contributed by atoms with Crippen LogP contribution in [0.1, 0.15) is 28.2 Å². The fraction of sp³-hybridized carbons (Fsp3) is 0.0909. The van der Waals surface area contributed by atoms with Crippen molar-refractivity contribution in [3.05, 3.63) is 140 Å². The van der Waals surface area contributed by atoms with Crippen molar-refractivity contribution >= 4 is 21.9 Å². The van der Waals surface area contributed by atoms with Gasteiger partial charge in [0.05, 0.1) is 34.9 Å². The highest BCUT2D eigenvalue weighted by Crippen LogP contribution is 2.42. The number of aromatic hydroxyl groups is 2. The van der Waals surface area contributed by atoms with E-state index in [1.807, 2.05) is 0 Å². The molecule has 2 N–H and O–H groups in total. The molecule has 6 rings (SSSR count). The Kier molecular flexibility index (Phi) is 6.84. The van der Waals surface area contributed by atoms with Gasteiger partial charge in [0.2, 0.25) is 0 Å². The largest absolute Gasteiger partial charge is 0.507 e. The van der Waals surface area contributed by atoms with Crippen molar-refractivity contribution in [1.82, 2.24) is 0 Å². The number of para-hydroxylation sites is 2. The van der Waals surface area contributed by atoms with E-state index in [1.54, 1.807) is 54.6 Å². The number of ether oxygens (including phenoxy) is 2. The smallest absolute Gasteiger partial charge is 0.344 e. The molecule has 2 heterocycles. The molecule has 0 spiro atoms. The maximum Gasteiger partial charge on any atom is 0.344 e. The summed E-state index contributed by atoms with van der Waals surface area (Å²) in [4.78, 5) is 26.9. The first-order valence-electron chi connectivity index (χ1n) is 12.9. The van der Waals surface area contributed by atoms with Gasteiger partial charge in [0.25, 0.3) is 0 Å². The van der Waals surface area contributed by atoms with Crippen LogP contribution in [0, 0.1) is 5.82 Å². The highest BCUT2D eigenvalue weighted by molar-refractivity contribution is 5.87. The van der Waals surface area contributed by atoms with Crippen molar-refractivity contribution in [3.63, 3.8) is 0 Å². The van der Waals surface area contributed by atoms with Crippen molar-refractivity contribution in [2.75, 3.05) is 7.11 Å². The van der Waals surface area contributed by atoms with Gasteiger partial charge in [-0.1, -0.05) is 30.3 Å². The van der Waals surface area contributed by atoms with Gasteiger partial charge in [-0.2, -0.15) is 0 Å². The van der Waals surface area contributed by atoms with E-state index in [4.69, 9.17) is 18.3 Å². The molecule has 0 aliphatic heterocycles. The predicted molar refractivity (Wildman–Crippen MR) is 153 cm³/mol. The lowest BCUT2D eigenvalue weighted by atomic mass is 9.84. The number of methoxy groups -OCH3 is 1. The maximum atomic E-state index is 13.5. The monoisotopic (exact) mass is 566 g/mol. The molecule has 0 radical (unpaired) electrons. The maximum absolute atomic E-state index is 13.5. The van der Waals surface area contributed by atoms with Gasteiger partial charge in [0, 0.05) is 5.56 Å². The summed E-state index contributed by atoms with van der Waals surface area (Å²) in [6.07, 6.45) is 0. The molecular formula is C33H23FO8. The molecule has 2 aromatic heterocycles. The lowest BCUT2D eigenvalue weighted by molar-refractivity contribution is 0.296. The van der Waals surface area contributed by atoms with Gasteiger partial charge in [-0.3, -0.25) is 0 Å². The van der Waals surface area contributed by atoms with Crippen molar-refractivity contribution in [3.8, 4) is 23.0 Å². The molecular weight excluding hydrogens is 543 g/mol. The van der Waals surface area contributed by atoms with Crippen molar-refractivity contribution in [1.29, 1.82) is 0 Å². The van der Waals surface area contributed by atoms with E-state index >= 15 is 0 Å². The molecule has 42 heavy (non-hydrogen) atoms. The molecule has 210 valence electrons. The molecule has 4 aromatic carbocycles. The van der Waals surface area contributed by atoms with Gasteiger partial charge >= 0.3 is 11.3 Å². The first-order chi connectivity index (χ1) is 20.4. The third kappa shape index (κ3) is 4.71. The lowest BCUT2D eigenvalue weighted by Gasteiger charge is -2.21. The summed E-state index contributed by atoms with van der Waals surface area (Å²) in [5, 5.41) is 23.3. The zero-order valence-corrected chi connectivity index (χ0v) is 22.2. The van der Waals surface area contributed by atoms with Crippen LogP contribution in [-0.2, 0) is 6.61 Å². The quantitative estimate of drug-likeness (QED) is 0.219. The number of benzene rings is 4. The average molecular weight is 567 g/mol. The van der Waals surface area contributed by atoms with Crippen LogP contribution in [0.15, 0.2) is 109 Å². The summed E-state index contributed by atoms with van der Waals surface area (Å²) in [6.45, 7) is -0.0218. The second-order valence-corrected chi connectivity index (χ2v) is 9.54. The molecule has 0 saturated carbocycles. The Morgan fingerprint density at radius 2 is 1.31 bits per heavy atom. The molecule has 9 heteroatoms. The van der Waals surface area contributed by atoms with Gasteiger partial charge in [0.15, 0.2) is 0 Å². The van der Waals surface area contributed by atoms with Crippen LogP contribution in [0.4, 0.5) is 4.39 Å². The zero-order valence-electron chi connectivity index (χ0n) is 22.2. The Balaban J connectivity index is 1.59. The van der Waals surface area contributed by atoms with Crippen LogP contribution in [-0.4, -0.2) is 17.3 Å². The van der Waals surface area contributed by atoms with E-state index in [2.05, 4.69) is 0 Å². The number of rotatable bonds is 7. The van der Waals surface area contributed by atoms with Crippen LogP contribution < -0.4 is 20.7 Å². The van der Waals surface area contributed by atoms with Gasteiger partial charge in [-0.25, -0.2) is 14.0 Å². The highest BCUT2D eigenvalue weighted by atomic mass is 19.1. The van der Waals surface area contributed by atoms with E-state index in [-0.39, 0.29) is 39.7 Å². The summed E-state index contributed by atoms with van der Waals surface area (Å²) in [7, 11) is 1.47. The van der Waals surface area contributed by atoms with E-state index in [1.165, 1.54) is 43.5 Å². The first kappa shape index (κ1) is 26.6. The number of hydrogen-bond acceptors (Lipinski definition) is 8. The minimum absolute atomic E-state index is 0.0218. The summed E-state index contributed by atoms with van der Waals surface area (Å²) < 4.78 is 35.8. The topological polar surface area (TPSA) is 119 Å². The Hall–Kier alpha value is -5.57. The standard InChI is InChI=1S/C33H23FO8/c1-39-24-15-10-18(16-19(24)17-40-21-13-11-20(34)12-14-21)27(28-30(35)22-6-2-4-8-25(22)41-32(28)37)29-31(36)23-7-3-5-9-26(23)42-33(29)38/h2-16,27,35-36H,17H2,1H3. The summed E-state index contributed by atoms with van der Waals surface area (Å²) >= 11 is 0. The second kappa shape index (κ2) is 10.8. The molecule has 6 aromatic rings. The molecule has 0 atom stereocenters. The van der Waals surface area contributed by atoms with E-state index in [0.717, 1.165) is 0 Å². The lowest BCUT2D eigenvalue weighted by Crippen LogP contribution is -2.21. The van der Waals surface area contributed by atoms with Crippen molar-refractivity contribution < 1.29 is 32.9 Å². The molecule has 0 bridgehead atoms. The fourth-order valence-corrected chi connectivity index (χ4v) is 5.07. The molecule has 0 saturated heterocycles. The molecule has 0 amide bonds. The van der Waals surface area contributed by atoms with Crippen LogP contribution in [0.25, 0.3) is 21.9 Å². The number of halogens is 1. The highest BCUT2D eigenvalue weighted by Gasteiger charge is 2.33. The summed E-state index contributed by atoms with van der Waals surface area (Å²) in [5.74, 6) is -1.70. The van der Waals surface area contributed by atoms with Gasteiger partial charge in [0.1, 0.15) is 46.6 Å². The summed E-state index contributed by atoms with van der Waals surface area (Å²) in [5.41, 5.74) is -1.17. The zero-order chi connectivity index (χ0) is 29.4.